The normalized spacial score (nSPS) is 16.8. The molecule has 1 saturated heterocycles. The Labute approximate surface area is 126 Å². The second-order valence-corrected chi connectivity index (χ2v) is 5.63. The molecule has 1 fully saturated rings. The van der Waals surface area contributed by atoms with E-state index in [0.29, 0.717) is 18.5 Å². The van der Waals surface area contributed by atoms with Gasteiger partial charge in [0.25, 0.3) is 0 Å². The standard InChI is InChI=1S/C17H25FN2O/c1-2-16(14-8-4-5-9-15(14)18)19-11-10-17(21)20-12-6-3-7-13-20/h4-5,8-9,16,19H,2-3,6-7,10-13H2,1H3. The Kier molecular flexibility index (Phi) is 6.18. The maximum atomic E-state index is 13.8. The maximum Gasteiger partial charge on any atom is 0.223 e. The molecule has 0 spiro atoms. The van der Waals surface area contributed by atoms with Crippen molar-refractivity contribution in [3.05, 3.63) is 35.6 Å². The second kappa shape index (κ2) is 8.13. The van der Waals surface area contributed by atoms with Gasteiger partial charge in [-0.25, -0.2) is 4.39 Å². The average Bonchev–Trinajstić information content (AvgIpc) is 2.53. The first-order chi connectivity index (χ1) is 10.2. The van der Waals surface area contributed by atoms with Crippen LogP contribution in [0, 0.1) is 5.82 Å². The molecule has 0 aromatic heterocycles. The van der Waals surface area contributed by atoms with Crippen LogP contribution in [-0.4, -0.2) is 30.4 Å². The van der Waals surface area contributed by atoms with E-state index >= 15 is 0 Å². The van der Waals surface area contributed by atoms with Crippen LogP contribution in [0.25, 0.3) is 0 Å². The molecule has 21 heavy (non-hydrogen) atoms. The third kappa shape index (κ3) is 4.53. The van der Waals surface area contributed by atoms with E-state index in [9.17, 15) is 9.18 Å². The fourth-order valence-corrected chi connectivity index (χ4v) is 2.89. The molecule has 1 heterocycles. The Morgan fingerprint density at radius 3 is 2.67 bits per heavy atom. The lowest BCUT2D eigenvalue weighted by molar-refractivity contribution is -0.132. The number of carbonyl (C=O) groups excluding carboxylic acids is 1. The van der Waals surface area contributed by atoms with Gasteiger partial charge in [-0.1, -0.05) is 25.1 Å². The molecule has 0 bridgehead atoms. The molecular formula is C17H25FN2O. The highest BCUT2D eigenvalue weighted by atomic mass is 19.1. The predicted octanol–water partition coefficient (Wildman–Crippen LogP) is 3.27. The summed E-state index contributed by atoms with van der Waals surface area (Å²) in [4.78, 5) is 14.0. The molecule has 0 radical (unpaired) electrons. The van der Waals surface area contributed by atoms with E-state index in [4.69, 9.17) is 0 Å². The SMILES string of the molecule is CCC(NCCC(=O)N1CCCCC1)c1ccccc1F. The Morgan fingerprint density at radius 1 is 1.29 bits per heavy atom. The highest BCUT2D eigenvalue weighted by Gasteiger charge is 2.17. The van der Waals surface area contributed by atoms with Gasteiger partial charge in [-0.2, -0.15) is 0 Å². The summed E-state index contributed by atoms with van der Waals surface area (Å²) in [5.74, 6) is 0.0322. The van der Waals surface area contributed by atoms with Crippen LogP contribution in [0.15, 0.2) is 24.3 Å². The number of hydrogen-bond donors (Lipinski definition) is 1. The van der Waals surface area contributed by atoms with E-state index in [1.165, 1.54) is 12.5 Å². The number of carbonyl (C=O) groups is 1. The van der Waals surface area contributed by atoms with Crippen LogP contribution >= 0.6 is 0 Å². The molecule has 4 heteroatoms. The first-order valence-corrected chi connectivity index (χ1v) is 7.98. The number of rotatable bonds is 6. The summed E-state index contributed by atoms with van der Waals surface area (Å²) in [5.41, 5.74) is 0.686. The van der Waals surface area contributed by atoms with Gasteiger partial charge in [-0.15, -0.1) is 0 Å². The lowest BCUT2D eigenvalue weighted by Crippen LogP contribution is -2.37. The molecule has 1 aliphatic rings. The minimum absolute atomic E-state index is 0.0274. The summed E-state index contributed by atoms with van der Waals surface area (Å²) in [6.07, 6.45) is 4.76. The zero-order chi connectivity index (χ0) is 15.1. The smallest absolute Gasteiger partial charge is 0.223 e. The van der Waals surface area contributed by atoms with Crippen molar-refractivity contribution in [2.24, 2.45) is 0 Å². The number of amides is 1. The van der Waals surface area contributed by atoms with Crippen LogP contribution in [0.4, 0.5) is 4.39 Å². The number of nitrogens with one attached hydrogen (secondary N) is 1. The molecule has 116 valence electrons. The lowest BCUT2D eigenvalue weighted by atomic mass is 10.0. The molecule has 1 unspecified atom stereocenters. The molecule has 0 saturated carbocycles. The predicted molar refractivity (Wildman–Crippen MR) is 82.5 cm³/mol. The van der Waals surface area contributed by atoms with Gasteiger partial charge in [0.05, 0.1) is 0 Å². The van der Waals surface area contributed by atoms with Gasteiger partial charge < -0.3 is 10.2 Å². The molecule has 1 N–H and O–H groups in total. The summed E-state index contributed by atoms with van der Waals surface area (Å²) in [5, 5.41) is 3.31. The Bertz CT molecular complexity index is 458. The molecule has 1 aromatic rings. The van der Waals surface area contributed by atoms with Crippen molar-refractivity contribution >= 4 is 5.91 Å². The summed E-state index contributed by atoms with van der Waals surface area (Å²) in [6.45, 7) is 4.41. The zero-order valence-electron chi connectivity index (χ0n) is 12.8. The molecule has 1 atom stereocenters. The van der Waals surface area contributed by atoms with E-state index < -0.39 is 0 Å². The molecule has 1 aromatic carbocycles. The largest absolute Gasteiger partial charge is 0.343 e. The Morgan fingerprint density at radius 2 is 2.00 bits per heavy atom. The van der Waals surface area contributed by atoms with Gasteiger partial charge in [0.1, 0.15) is 5.82 Å². The molecule has 1 amide bonds. The van der Waals surface area contributed by atoms with Crippen molar-refractivity contribution in [2.45, 2.75) is 45.1 Å². The third-order valence-corrected chi connectivity index (χ3v) is 4.13. The highest BCUT2D eigenvalue weighted by Crippen LogP contribution is 2.19. The monoisotopic (exact) mass is 292 g/mol. The maximum absolute atomic E-state index is 13.8. The van der Waals surface area contributed by atoms with Crippen LogP contribution in [0.3, 0.4) is 0 Å². The second-order valence-electron chi connectivity index (χ2n) is 5.63. The van der Waals surface area contributed by atoms with Gasteiger partial charge in [0.2, 0.25) is 5.91 Å². The third-order valence-electron chi connectivity index (χ3n) is 4.13. The lowest BCUT2D eigenvalue weighted by Gasteiger charge is -2.27. The van der Waals surface area contributed by atoms with E-state index in [0.717, 1.165) is 32.4 Å². The van der Waals surface area contributed by atoms with Crippen LogP contribution in [0.5, 0.6) is 0 Å². The first kappa shape index (κ1) is 16.0. The fraction of sp³-hybridized carbons (Fsp3) is 0.588. The minimum Gasteiger partial charge on any atom is -0.343 e. The van der Waals surface area contributed by atoms with Crippen LogP contribution in [0.1, 0.15) is 50.6 Å². The number of halogens is 1. The van der Waals surface area contributed by atoms with Crippen molar-refractivity contribution in [1.29, 1.82) is 0 Å². The number of piperidine rings is 1. The molecule has 1 aliphatic heterocycles. The summed E-state index contributed by atoms with van der Waals surface area (Å²) in [7, 11) is 0. The van der Waals surface area contributed by atoms with E-state index in [1.54, 1.807) is 6.07 Å². The number of nitrogens with zero attached hydrogens (tertiary/aromatic N) is 1. The molecule has 0 aliphatic carbocycles. The summed E-state index contributed by atoms with van der Waals surface area (Å²) >= 11 is 0. The Balaban J connectivity index is 1.81. The van der Waals surface area contributed by atoms with Crippen molar-refractivity contribution in [1.82, 2.24) is 10.2 Å². The van der Waals surface area contributed by atoms with E-state index in [-0.39, 0.29) is 17.8 Å². The van der Waals surface area contributed by atoms with Crippen molar-refractivity contribution in [3.8, 4) is 0 Å². The number of likely N-dealkylation sites (tertiary alicyclic amines) is 1. The first-order valence-electron chi connectivity index (χ1n) is 7.98. The van der Waals surface area contributed by atoms with Crippen molar-refractivity contribution in [3.63, 3.8) is 0 Å². The minimum atomic E-state index is -0.181. The molecular weight excluding hydrogens is 267 g/mol. The quantitative estimate of drug-likeness (QED) is 0.873. The summed E-state index contributed by atoms with van der Waals surface area (Å²) in [6, 6.07) is 6.81. The zero-order valence-corrected chi connectivity index (χ0v) is 12.8. The molecule has 2 rings (SSSR count). The van der Waals surface area contributed by atoms with Crippen LogP contribution in [-0.2, 0) is 4.79 Å². The van der Waals surface area contributed by atoms with Gasteiger partial charge in [0, 0.05) is 37.7 Å². The van der Waals surface area contributed by atoms with Gasteiger partial charge >= 0.3 is 0 Å². The van der Waals surface area contributed by atoms with Gasteiger partial charge in [0.15, 0.2) is 0 Å². The van der Waals surface area contributed by atoms with Crippen molar-refractivity contribution in [2.75, 3.05) is 19.6 Å². The fourth-order valence-electron chi connectivity index (χ4n) is 2.89. The number of hydrogen-bond acceptors (Lipinski definition) is 2. The highest BCUT2D eigenvalue weighted by molar-refractivity contribution is 5.76. The number of benzene rings is 1. The van der Waals surface area contributed by atoms with E-state index in [1.807, 2.05) is 24.0 Å². The topological polar surface area (TPSA) is 32.3 Å². The van der Waals surface area contributed by atoms with Crippen LogP contribution in [0.2, 0.25) is 0 Å². The van der Waals surface area contributed by atoms with Crippen LogP contribution < -0.4 is 5.32 Å². The summed E-state index contributed by atoms with van der Waals surface area (Å²) < 4.78 is 13.8. The van der Waals surface area contributed by atoms with Crippen molar-refractivity contribution < 1.29 is 9.18 Å². The average molecular weight is 292 g/mol. The van der Waals surface area contributed by atoms with Gasteiger partial charge in [-0.05, 0) is 31.7 Å². The Hall–Kier alpha value is -1.42. The van der Waals surface area contributed by atoms with E-state index in [2.05, 4.69) is 5.32 Å². The molecule has 3 nitrogen and oxygen atoms in total. The van der Waals surface area contributed by atoms with Gasteiger partial charge in [-0.3, -0.25) is 4.79 Å².